The molecule has 1 aromatic heterocycles. The quantitative estimate of drug-likeness (QED) is 0.766. The smallest absolute Gasteiger partial charge is 0.267 e. The van der Waals surface area contributed by atoms with Gasteiger partial charge in [0.05, 0.1) is 0 Å². The topological polar surface area (TPSA) is 71.0 Å². The zero-order valence-electron chi connectivity index (χ0n) is 17.3. The third kappa shape index (κ3) is 3.74. The molecule has 0 spiro atoms. The maximum absolute atomic E-state index is 13.0. The zero-order valence-corrected chi connectivity index (χ0v) is 17.3. The maximum atomic E-state index is 13.0. The summed E-state index contributed by atoms with van der Waals surface area (Å²) in [5.41, 5.74) is 0.979. The predicted molar refractivity (Wildman–Crippen MR) is 113 cm³/mol. The van der Waals surface area contributed by atoms with Crippen molar-refractivity contribution >= 4 is 17.7 Å². The van der Waals surface area contributed by atoms with Gasteiger partial charge >= 0.3 is 0 Å². The summed E-state index contributed by atoms with van der Waals surface area (Å²) in [7, 11) is 0. The van der Waals surface area contributed by atoms with Crippen molar-refractivity contribution in [2.45, 2.75) is 25.9 Å². The van der Waals surface area contributed by atoms with Gasteiger partial charge in [0.2, 0.25) is 12.1 Å². The van der Waals surface area contributed by atoms with Gasteiger partial charge in [-0.25, -0.2) is 4.98 Å². The van der Waals surface area contributed by atoms with Crippen molar-refractivity contribution in [1.82, 2.24) is 14.9 Å². The van der Waals surface area contributed by atoms with Crippen LogP contribution < -0.4 is 19.3 Å². The number of nitrogens with zero attached hydrogens (tertiary/aromatic N) is 5. The first-order chi connectivity index (χ1) is 14.7. The molecular formula is C22H27N5O3. The molecule has 8 heteroatoms. The van der Waals surface area contributed by atoms with Gasteiger partial charge in [-0.3, -0.25) is 4.79 Å². The van der Waals surface area contributed by atoms with Gasteiger partial charge in [0.15, 0.2) is 11.5 Å². The van der Waals surface area contributed by atoms with Crippen LogP contribution in [0.3, 0.4) is 0 Å². The molecule has 2 saturated heterocycles. The Labute approximate surface area is 176 Å². The largest absolute Gasteiger partial charge is 0.485 e. The lowest BCUT2D eigenvalue weighted by Crippen LogP contribution is -2.54. The van der Waals surface area contributed by atoms with Crippen LogP contribution in [0.4, 0.5) is 11.8 Å². The lowest BCUT2D eigenvalue weighted by molar-refractivity contribution is -0.141. The summed E-state index contributed by atoms with van der Waals surface area (Å²) in [6, 6.07) is 9.53. The number of aryl methyl sites for hydroxylation is 1. The number of ether oxygens (including phenoxy) is 2. The van der Waals surface area contributed by atoms with Crippen LogP contribution in [0, 0.1) is 6.92 Å². The number of carbonyl (C=O) groups is 1. The number of fused-ring (bicyclic) bond motifs is 1. The standard InChI is InChI=1S/C22H27N5O3/c1-16-14-20(25-8-4-5-9-25)24-22(23-16)27-12-10-26(11-13-27)21(28)19-15-29-17-6-2-3-7-18(17)30-19/h2-3,6-7,14,19H,4-5,8-13,15H2,1H3. The SMILES string of the molecule is Cc1cc(N2CCCC2)nc(N2CCN(C(=O)C3COc4ccccc4O3)CC2)n1. The molecule has 8 nitrogen and oxygen atoms in total. The number of aromatic nitrogens is 2. The highest BCUT2D eigenvalue weighted by atomic mass is 16.6. The number of rotatable bonds is 3. The molecule has 4 heterocycles. The van der Waals surface area contributed by atoms with Gasteiger partial charge in [-0.1, -0.05) is 12.1 Å². The number of hydrogen-bond donors (Lipinski definition) is 0. The average molecular weight is 409 g/mol. The normalized spacial score (nSPS) is 21.1. The van der Waals surface area contributed by atoms with E-state index in [1.54, 1.807) is 0 Å². The number of carbonyl (C=O) groups excluding carboxylic acids is 1. The van der Waals surface area contributed by atoms with E-state index >= 15 is 0 Å². The first-order valence-electron chi connectivity index (χ1n) is 10.7. The van der Waals surface area contributed by atoms with Crippen LogP contribution in [0.1, 0.15) is 18.5 Å². The maximum Gasteiger partial charge on any atom is 0.267 e. The van der Waals surface area contributed by atoms with E-state index < -0.39 is 6.10 Å². The van der Waals surface area contributed by atoms with Gasteiger partial charge in [-0.15, -0.1) is 0 Å². The van der Waals surface area contributed by atoms with Crippen LogP contribution in [0.2, 0.25) is 0 Å². The first-order valence-corrected chi connectivity index (χ1v) is 10.7. The third-order valence-corrected chi connectivity index (χ3v) is 5.92. The summed E-state index contributed by atoms with van der Waals surface area (Å²) < 4.78 is 11.6. The molecule has 3 aliphatic rings. The Morgan fingerprint density at radius 1 is 0.967 bits per heavy atom. The molecule has 2 aromatic rings. The number of para-hydroxylation sites is 2. The van der Waals surface area contributed by atoms with Gasteiger partial charge in [0.25, 0.3) is 5.91 Å². The molecule has 30 heavy (non-hydrogen) atoms. The van der Waals surface area contributed by atoms with Gasteiger partial charge < -0.3 is 24.2 Å². The molecule has 1 atom stereocenters. The van der Waals surface area contributed by atoms with Crippen molar-refractivity contribution in [3.8, 4) is 11.5 Å². The summed E-state index contributed by atoms with van der Waals surface area (Å²) in [6.45, 7) is 7.04. The molecule has 0 aliphatic carbocycles. The molecule has 0 bridgehead atoms. The van der Waals surface area contributed by atoms with Crippen molar-refractivity contribution < 1.29 is 14.3 Å². The van der Waals surface area contributed by atoms with Gasteiger partial charge in [0.1, 0.15) is 12.4 Å². The van der Waals surface area contributed by atoms with Crippen LogP contribution >= 0.6 is 0 Å². The van der Waals surface area contributed by atoms with Crippen molar-refractivity contribution in [3.63, 3.8) is 0 Å². The van der Waals surface area contributed by atoms with Gasteiger partial charge in [-0.05, 0) is 31.9 Å². The Balaban J connectivity index is 1.22. The average Bonchev–Trinajstić information content (AvgIpc) is 3.33. The van der Waals surface area contributed by atoms with Crippen LogP contribution in [0.5, 0.6) is 11.5 Å². The predicted octanol–water partition coefficient (Wildman–Crippen LogP) is 1.87. The molecule has 1 aromatic carbocycles. The third-order valence-electron chi connectivity index (χ3n) is 5.92. The van der Waals surface area contributed by atoms with Crippen molar-refractivity contribution in [2.24, 2.45) is 0 Å². The Kier molecular flexibility index (Phi) is 5.06. The fourth-order valence-corrected chi connectivity index (χ4v) is 4.26. The number of piperazine rings is 1. The molecule has 2 fully saturated rings. The summed E-state index contributed by atoms with van der Waals surface area (Å²) >= 11 is 0. The highest BCUT2D eigenvalue weighted by molar-refractivity contribution is 5.82. The molecule has 3 aliphatic heterocycles. The van der Waals surface area contributed by atoms with E-state index in [1.807, 2.05) is 36.1 Å². The lowest BCUT2D eigenvalue weighted by Gasteiger charge is -2.37. The molecule has 1 amide bonds. The summed E-state index contributed by atoms with van der Waals surface area (Å²) in [6.07, 6.45) is 1.84. The van der Waals surface area contributed by atoms with Gasteiger partial charge in [0, 0.05) is 51.0 Å². The lowest BCUT2D eigenvalue weighted by atomic mass is 10.2. The highest BCUT2D eigenvalue weighted by Gasteiger charge is 2.33. The van der Waals surface area contributed by atoms with E-state index in [4.69, 9.17) is 14.5 Å². The molecule has 5 rings (SSSR count). The zero-order chi connectivity index (χ0) is 20.5. The molecule has 1 unspecified atom stereocenters. The Hall–Kier alpha value is -3.03. The second kappa shape index (κ2) is 8.01. The Morgan fingerprint density at radius 3 is 2.47 bits per heavy atom. The van der Waals surface area contributed by atoms with Gasteiger partial charge in [-0.2, -0.15) is 4.98 Å². The Bertz CT molecular complexity index is 923. The van der Waals surface area contributed by atoms with E-state index in [2.05, 4.69) is 20.9 Å². The fourth-order valence-electron chi connectivity index (χ4n) is 4.26. The van der Waals surface area contributed by atoms with Crippen molar-refractivity contribution in [1.29, 1.82) is 0 Å². The van der Waals surface area contributed by atoms with E-state index in [0.717, 1.165) is 30.5 Å². The van der Waals surface area contributed by atoms with E-state index in [1.165, 1.54) is 12.8 Å². The second-order valence-electron chi connectivity index (χ2n) is 8.04. The monoisotopic (exact) mass is 409 g/mol. The van der Waals surface area contributed by atoms with Crippen LogP contribution in [0.15, 0.2) is 30.3 Å². The minimum absolute atomic E-state index is 0.0212. The molecule has 0 saturated carbocycles. The number of benzene rings is 1. The Morgan fingerprint density at radius 2 is 1.70 bits per heavy atom. The summed E-state index contributed by atoms with van der Waals surface area (Å²) in [5.74, 6) is 3.07. The van der Waals surface area contributed by atoms with Crippen LogP contribution in [-0.2, 0) is 4.79 Å². The first kappa shape index (κ1) is 19.0. The highest BCUT2D eigenvalue weighted by Crippen LogP contribution is 2.31. The van der Waals surface area contributed by atoms with E-state index in [-0.39, 0.29) is 12.5 Å². The van der Waals surface area contributed by atoms with Crippen molar-refractivity contribution in [2.75, 3.05) is 55.7 Å². The second-order valence-corrected chi connectivity index (χ2v) is 8.04. The van der Waals surface area contributed by atoms with Crippen molar-refractivity contribution in [3.05, 3.63) is 36.0 Å². The minimum Gasteiger partial charge on any atom is -0.485 e. The molecule has 0 N–H and O–H groups in total. The van der Waals surface area contributed by atoms with E-state index in [0.29, 0.717) is 37.7 Å². The minimum atomic E-state index is -0.594. The number of amides is 1. The number of hydrogen-bond acceptors (Lipinski definition) is 7. The van der Waals surface area contributed by atoms with Crippen LogP contribution in [-0.4, -0.2) is 72.8 Å². The van der Waals surface area contributed by atoms with Crippen LogP contribution in [0.25, 0.3) is 0 Å². The van der Waals surface area contributed by atoms with E-state index in [9.17, 15) is 4.79 Å². The molecule has 0 radical (unpaired) electrons. The molecular weight excluding hydrogens is 382 g/mol. The molecule has 158 valence electrons. The number of anilines is 2. The summed E-state index contributed by atoms with van der Waals surface area (Å²) in [4.78, 5) is 28.8. The summed E-state index contributed by atoms with van der Waals surface area (Å²) in [5, 5.41) is 0. The fraction of sp³-hybridized carbons (Fsp3) is 0.500.